The number of nitrogens with zero attached hydrogens (tertiary/aromatic N) is 1. The number of halogens is 1. The summed E-state index contributed by atoms with van der Waals surface area (Å²) in [7, 11) is 1.72. The lowest BCUT2D eigenvalue weighted by Crippen LogP contribution is -2.50. The topological polar surface area (TPSA) is 38.5 Å². The molecule has 4 rings (SSSR count). The molecule has 0 aliphatic carbocycles. The van der Waals surface area contributed by atoms with Crippen molar-refractivity contribution in [3.63, 3.8) is 0 Å². The molecule has 4 heteroatoms. The Labute approximate surface area is 126 Å². The van der Waals surface area contributed by atoms with Gasteiger partial charge in [0.2, 0.25) is 0 Å². The molecule has 2 unspecified atom stereocenters. The van der Waals surface area contributed by atoms with E-state index in [9.17, 15) is 0 Å². The Bertz CT molecular complexity index is 472. The van der Waals surface area contributed by atoms with E-state index in [4.69, 9.17) is 22.1 Å². The molecule has 3 aliphatic heterocycles. The summed E-state index contributed by atoms with van der Waals surface area (Å²) in [6, 6.07) is 5.88. The standard InChI is InChI=1S/C16H23ClN2O/c1-20-16-3-2-12(17)8-13(16)14(9-18)15-10-19-6-4-11(15)5-7-19/h2-3,8,11,14-15H,4-7,9-10,18H2,1H3. The van der Waals surface area contributed by atoms with Crippen LogP contribution in [0.1, 0.15) is 24.3 Å². The van der Waals surface area contributed by atoms with Crippen LogP contribution in [0.3, 0.4) is 0 Å². The van der Waals surface area contributed by atoms with Crippen LogP contribution >= 0.6 is 11.6 Å². The minimum atomic E-state index is 0.344. The lowest BCUT2D eigenvalue weighted by Gasteiger charge is -2.47. The van der Waals surface area contributed by atoms with Crippen LogP contribution in [0, 0.1) is 11.8 Å². The molecule has 2 N–H and O–H groups in total. The Morgan fingerprint density at radius 2 is 2.15 bits per heavy atom. The number of hydrogen-bond donors (Lipinski definition) is 1. The molecule has 2 bridgehead atoms. The van der Waals surface area contributed by atoms with E-state index in [1.54, 1.807) is 7.11 Å². The number of nitrogens with two attached hydrogens (primary N) is 1. The Balaban J connectivity index is 1.91. The van der Waals surface area contributed by atoms with E-state index in [1.165, 1.54) is 38.0 Å². The normalized spacial score (nSPS) is 30.2. The quantitative estimate of drug-likeness (QED) is 0.928. The van der Waals surface area contributed by atoms with Crippen molar-refractivity contribution in [2.45, 2.75) is 18.8 Å². The van der Waals surface area contributed by atoms with Gasteiger partial charge in [0.1, 0.15) is 5.75 Å². The highest BCUT2D eigenvalue weighted by molar-refractivity contribution is 6.30. The van der Waals surface area contributed by atoms with Crippen LogP contribution in [0.4, 0.5) is 0 Å². The van der Waals surface area contributed by atoms with E-state index < -0.39 is 0 Å². The van der Waals surface area contributed by atoms with Crippen LogP contribution in [0.2, 0.25) is 5.02 Å². The highest BCUT2D eigenvalue weighted by Crippen LogP contribution is 2.43. The third kappa shape index (κ3) is 2.54. The van der Waals surface area contributed by atoms with Gasteiger partial charge in [-0.2, -0.15) is 0 Å². The zero-order chi connectivity index (χ0) is 14.1. The van der Waals surface area contributed by atoms with Gasteiger partial charge in [0.15, 0.2) is 0 Å². The minimum absolute atomic E-state index is 0.344. The molecule has 0 spiro atoms. The van der Waals surface area contributed by atoms with Gasteiger partial charge in [0, 0.05) is 23.0 Å². The summed E-state index contributed by atoms with van der Waals surface area (Å²) in [4.78, 5) is 2.57. The van der Waals surface area contributed by atoms with Crippen molar-refractivity contribution in [2.75, 3.05) is 33.3 Å². The van der Waals surface area contributed by atoms with Gasteiger partial charge in [-0.25, -0.2) is 0 Å². The van der Waals surface area contributed by atoms with E-state index in [0.717, 1.165) is 16.7 Å². The summed E-state index contributed by atoms with van der Waals surface area (Å²) in [5.74, 6) is 2.70. The second-order valence-electron chi connectivity index (χ2n) is 6.03. The first-order valence-corrected chi connectivity index (χ1v) is 7.86. The number of hydrogen-bond acceptors (Lipinski definition) is 3. The number of benzene rings is 1. The minimum Gasteiger partial charge on any atom is -0.496 e. The number of fused-ring (bicyclic) bond motifs is 3. The first-order chi connectivity index (χ1) is 9.72. The molecular formula is C16H23ClN2O. The molecule has 3 fully saturated rings. The Morgan fingerprint density at radius 1 is 1.40 bits per heavy atom. The number of methoxy groups -OCH3 is 1. The van der Waals surface area contributed by atoms with Gasteiger partial charge in [0.05, 0.1) is 7.11 Å². The van der Waals surface area contributed by atoms with Crippen molar-refractivity contribution in [1.82, 2.24) is 4.90 Å². The molecular weight excluding hydrogens is 272 g/mol. The fourth-order valence-corrected chi connectivity index (χ4v) is 4.17. The van der Waals surface area contributed by atoms with Crippen molar-refractivity contribution in [3.8, 4) is 5.75 Å². The molecule has 0 aromatic heterocycles. The third-order valence-electron chi connectivity index (χ3n) is 5.07. The van der Waals surface area contributed by atoms with Gasteiger partial charge in [-0.3, -0.25) is 0 Å². The van der Waals surface area contributed by atoms with Gasteiger partial charge in [-0.15, -0.1) is 0 Å². The van der Waals surface area contributed by atoms with Gasteiger partial charge >= 0.3 is 0 Å². The maximum absolute atomic E-state index is 6.19. The molecule has 0 radical (unpaired) electrons. The summed E-state index contributed by atoms with van der Waals surface area (Å²) >= 11 is 6.19. The summed E-state index contributed by atoms with van der Waals surface area (Å²) < 4.78 is 5.53. The fraction of sp³-hybridized carbons (Fsp3) is 0.625. The molecule has 20 heavy (non-hydrogen) atoms. The summed E-state index contributed by atoms with van der Waals surface area (Å²) in [5.41, 5.74) is 7.31. The largest absolute Gasteiger partial charge is 0.496 e. The van der Waals surface area contributed by atoms with Crippen molar-refractivity contribution in [1.29, 1.82) is 0 Å². The molecule has 3 aliphatic rings. The molecule has 0 amide bonds. The van der Waals surface area contributed by atoms with Crippen LogP contribution in [0.5, 0.6) is 5.75 Å². The Hall–Kier alpha value is -0.770. The zero-order valence-electron chi connectivity index (χ0n) is 12.0. The van der Waals surface area contributed by atoms with Crippen LogP contribution in [-0.4, -0.2) is 38.2 Å². The van der Waals surface area contributed by atoms with Crippen molar-refractivity contribution in [2.24, 2.45) is 17.6 Å². The van der Waals surface area contributed by atoms with E-state index in [2.05, 4.69) is 4.90 Å². The Morgan fingerprint density at radius 3 is 2.70 bits per heavy atom. The second-order valence-corrected chi connectivity index (χ2v) is 6.47. The smallest absolute Gasteiger partial charge is 0.122 e. The average molecular weight is 295 g/mol. The molecule has 110 valence electrons. The molecule has 1 aromatic rings. The second kappa shape index (κ2) is 5.92. The van der Waals surface area contributed by atoms with E-state index in [-0.39, 0.29) is 0 Å². The van der Waals surface area contributed by atoms with Gasteiger partial charge in [0.25, 0.3) is 0 Å². The van der Waals surface area contributed by atoms with E-state index in [1.807, 2.05) is 18.2 Å². The molecule has 3 nitrogen and oxygen atoms in total. The Kier molecular flexibility index (Phi) is 4.20. The van der Waals surface area contributed by atoms with Crippen LogP contribution < -0.4 is 10.5 Å². The number of rotatable bonds is 4. The predicted octanol–water partition coefficient (Wildman–Crippen LogP) is 2.73. The first-order valence-electron chi connectivity index (χ1n) is 7.48. The maximum Gasteiger partial charge on any atom is 0.122 e. The predicted molar refractivity (Wildman–Crippen MR) is 82.5 cm³/mol. The van der Waals surface area contributed by atoms with E-state index >= 15 is 0 Å². The molecule has 1 aromatic carbocycles. The molecule has 3 saturated heterocycles. The van der Waals surface area contributed by atoms with Crippen LogP contribution in [0.15, 0.2) is 18.2 Å². The average Bonchev–Trinajstić information content (AvgIpc) is 2.50. The van der Waals surface area contributed by atoms with Crippen LogP contribution in [-0.2, 0) is 0 Å². The third-order valence-corrected chi connectivity index (χ3v) is 5.30. The maximum atomic E-state index is 6.19. The first kappa shape index (κ1) is 14.2. The summed E-state index contributed by atoms with van der Waals surface area (Å²) in [6.45, 7) is 4.34. The van der Waals surface area contributed by atoms with Gasteiger partial charge < -0.3 is 15.4 Å². The van der Waals surface area contributed by atoms with Crippen molar-refractivity contribution in [3.05, 3.63) is 28.8 Å². The number of ether oxygens (including phenoxy) is 1. The highest BCUT2D eigenvalue weighted by atomic mass is 35.5. The fourth-order valence-electron chi connectivity index (χ4n) is 3.99. The van der Waals surface area contributed by atoms with Gasteiger partial charge in [-0.05, 0) is 62.5 Å². The SMILES string of the molecule is COc1ccc(Cl)cc1C(CN)C1CN2CCC1CC2. The van der Waals surface area contributed by atoms with Crippen molar-refractivity contribution >= 4 is 11.6 Å². The van der Waals surface area contributed by atoms with Crippen molar-refractivity contribution < 1.29 is 4.74 Å². The zero-order valence-corrected chi connectivity index (χ0v) is 12.8. The number of piperidine rings is 3. The molecule has 0 saturated carbocycles. The monoisotopic (exact) mass is 294 g/mol. The van der Waals surface area contributed by atoms with Crippen LogP contribution in [0.25, 0.3) is 0 Å². The summed E-state index contributed by atoms with van der Waals surface area (Å²) in [6.07, 6.45) is 2.62. The summed E-state index contributed by atoms with van der Waals surface area (Å²) in [5, 5.41) is 0.764. The highest BCUT2D eigenvalue weighted by Gasteiger charge is 2.39. The molecule has 2 atom stereocenters. The lowest BCUT2D eigenvalue weighted by atomic mass is 9.70. The lowest BCUT2D eigenvalue weighted by molar-refractivity contribution is 0.0375. The van der Waals surface area contributed by atoms with Gasteiger partial charge in [-0.1, -0.05) is 11.6 Å². The van der Waals surface area contributed by atoms with E-state index in [0.29, 0.717) is 18.4 Å². The molecule has 3 heterocycles.